The topological polar surface area (TPSA) is 41.5 Å². The molecule has 0 bridgehead atoms. The Labute approximate surface area is 125 Å². The first-order valence-electron chi connectivity index (χ1n) is 7.99. The van der Waals surface area contributed by atoms with Gasteiger partial charge in [0.2, 0.25) is 0 Å². The van der Waals surface area contributed by atoms with Crippen molar-refractivity contribution >= 4 is 0 Å². The summed E-state index contributed by atoms with van der Waals surface area (Å²) in [5, 5.41) is 13.5. The van der Waals surface area contributed by atoms with Gasteiger partial charge >= 0.3 is 0 Å². The standard InChI is InChI=1S/C17H24FNO2/c18-14-4-1-5-16(11-14)21-10-8-13-3-2-9-17(13,12-20)19-15-6-7-15/h1,4-5,11,13,15,19-20H,2-3,6-10,12H2. The molecule has 0 aliphatic heterocycles. The zero-order valence-corrected chi connectivity index (χ0v) is 12.4. The zero-order valence-electron chi connectivity index (χ0n) is 12.4. The number of halogens is 1. The van der Waals surface area contributed by atoms with Crippen LogP contribution in [0.25, 0.3) is 0 Å². The molecule has 0 heterocycles. The lowest BCUT2D eigenvalue weighted by molar-refractivity contribution is 0.108. The second kappa shape index (κ2) is 6.32. The lowest BCUT2D eigenvalue weighted by Gasteiger charge is -2.35. The molecule has 21 heavy (non-hydrogen) atoms. The van der Waals surface area contributed by atoms with Gasteiger partial charge in [-0.05, 0) is 50.2 Å². The number of hydrogen-bond donors (Lipinski definition) is 2. The second-order valence-corrected chi connectivity index (χ2v) is 6.42. The average molecular weight is 293 g/mol. The molecule has 2 unspecified atom stereocenters. The van der Waals surface area contributed by atoms with Crippen molar-refractivity contribution < 1.29 is 14.2 Å². The highest BCUT2D eigenvalue weighted by molar-refractivity contribution is 5.22. The second-order valence-electron chi connectivity index (χ2n) is 6.42. The largest absolute Gasteiger partial charge is 0.493 e. The number of benzene rings is 1. The average Bonchev–Trinajstić information content (AvgIpc) is 3.20. The predicted octanol–water partition coefficient (Wildman–Crippen LogP) is 2.88. The third-order valence-corrected chi connectivity index (χ3v) is 4.84. The lowest BCUT2D eigenvalue weighted by atomic mass is 9.85. The fraction of sp³-hybridized carbons (Fsp3) is 0.647. The summed E-state index contributed by atoms with van der Waals surface area (Å²) in [5.74, 6) is 0.753. The SMILES string of the molecule is OCC1(NC2CC2)CCCC1CCOc1cccc(F)c1. The Hall–Kier alpha value is -1.13. The van der Waals surface area contributed by atoms with Gasteiger partial charge in [0.25, 0.3) is 0 Å². The summed E-state index contributed by atoms with van der Waals surface area (Å²) < 4.78 is 18.8. The molecule has 3 nitrogen and oxygen atoms in total. The third-order valence-electron chi connectivity index (χ3n) is 4.84. The first-order chi connectivity index (χ1) is 10.2. The van der Waals surface area contributed by atoms with Gasteiger partial charge in [0, 0.05) is 17.6 Å². The van der Waals surface area contributed by atoms with E-state index in [1.54, 1.807) is 12.1 Å². The molecule has 2 aliphatic rings. The maximum absolute atomic E-state index is 13.1. The Morgan fingerprint density at radius 2 is 2.19 bits per heavy atom. The summed E-state index contributed by atoms with van der Waals surface area (Å²) >= 11 is 0. The number of nitrogens with one attached hydrogen (secondary N) is 1. The third kappa shape index (κ3) is 3.55. The van der Waals surface area contributed by atoms with Gasteiger partial charge in [-0.15, -0.1) is 0 Å². The molecule has 3 rings (SSSR count). The Bertz CT molecular complexity index is 478. The van der Waals surface area contributed by atoms with E-state index in [4.69, 9.17) is 4.74 Å². The highest BCUT2D eigenvalue weighted by Gasteiger charge is 2.44. The molecule has 4 heteroatoms. The van der Waals surface area contributed by atoms with Gasteiger partial charge in [-0.3, -0.25) is 0 Å². The van der Waals surface area contributed by atoms with Crippen molar-refractivity contribution in [2.24, 2.45) is 5.92 Å². The molecule has 2 saturated carbocycles. The monoisotopic (exact) mass is 293 g/mol. The molecular formula is C17H24FNO2. The molecule has 2 N–H and O–H groups in total. The molecule has 0 aromatic heterocycles. The van der Waals surface area contributed by atoms with Gasteiger partial charge in [0.1, 0.15) is 11.6 Å². The first-order valence-corrected chi connectivity index (χ1v) is 7.99. The van der Waals surface area contributed by atoms with Crippen molar-refractivity contribution in [3.8, 4) is 5.75 Å². The number of aliphatic hydroxyl groups excluding tert-OH is 1. The molecule has 2 fully saturated rings. The van der Waals surface area contributed by atoms with E-state index in [1.807, 2.05) is 0 Å². The van der Waals surface area contributed by atoms with Crippen LogP contribution in [0.1, 0.15) is 38.5 Å². The Balaban J connectivity index is 1.53. The van der Waals surface area contributed by atoms with Gasteiger partial charge in [-0.2, -0.15) is 0 Å². The summed E-state index contributed by atoms with van der Waals surface area (Å²) in [7, 11) is 0. The number of hydrogen-bond acceptors (Lipinski definition) is 3. The Kier molecular flexibility index (Phi) is 4.45. The summed E-state index contributed by atoms with van der Waals surface area (Å²) in [4.78, 5) is 0. The number of rotatable bonds is 7. The van der Waals surface area contributed by atoms with E-state index >= 15 is 0 Å². The Morgan fingerprint density at radius 1 is 1.33 bits per heavy atom. The summed E-state index contributed by atoms with van der Waals surface area (Å²) in [6.45, 7) is 0.774. The van der Waals surface area contributed by atoms with Crippen molar-refractivity contribution in [1.82, 2.24) is 5.32 Å². The van der Waals surface area contributed by atoms with Crippen LogP contribution >= 0.6 is 0 Å². The van der Waals surface area contributed by atoms with Crippen LogP contribution < -0.4 is 10.1 Å². The fourth-order valence-corrected chi connectivity index (χ4v) is 3.52. The molecule has 2 atom stereocenters. The van der Waals surface area contributed by atoms with Gasteiger partial charge in [-0.25, -0.2) is 4.39 Å². The van der Waals surface area contributed by atoms with Crippen molar-refractivity contribution in [1.29, 1.82) is 0 Å². The molecular weight excluding hydrogens is 269 g/mol. The van der Waals surface area contributed by atoms with Gasteiger partial charge < -0.3 is 15.2 Å². The zero-order chi connectivity index (χ0) is 14.7. The van der Waals surface area contributed by atoms with E-state index in [0.29, 0.717) is 24.3 Å². The van der Waals surface area contributed by atoms with E-state index in [2.05, 4.69) is 5.32 Å². The molecule has 0 amide bonds. The van der Waals surface area contributed by atoms with Crippen molar-refractivity contribution in [3.05, 3.63) is 30.1 Å². The number of aliphatic hydroxyl groups is 1. The Morgan fingerprint density at radius 3 is 2.90 bits per heavy atom. The molecule has 0 spiro atoms. The molecule has 116 valence electrons. The molecule has 1 aromatic rings. The van der Waals surface area contributed by atoms with Crippen molar-refractivity contribution in [2.45, 2.75) is 50.1 Å². The molecule has 0 radical (unpaired) electrons. The minimum absolute atomic E-state index is 0.119. The van der Waals surface area contributed by atoms with E-state index in [1.165, 1.54) is 25.0 Å². The molecule has 2 aliphatic carbocycles. The highest BCUT2D eigenvalue weighted by atomic mass is 19.1. The van der Waals surface area contributed by atoms with Crippen LogP contribution in [-0.4, -0.2) is 29.9 Å². The summed E-state index contributed by atoms with van der Waals surface area (Å²) in [5.41, 5.74) is -0.119. The molecule has 0 saturated heterocycles. The summed E-state index contributed by atoms with van der Waals surface area (Å²) in [6, 6.07) is 6.87. The van der Waals surface area contributed by atoms with Crippen LogP contribution in [0.3, 0.4) is 0 Å². The minimum Gasteiger partial charge on any atom is -0.493 e. The van der Waals surface area contributed by atoms with Crippen LogP contribution in [0.5, 0.6) is 5.75 Å². The normalized spacial score (nSPS) is 28.8. The fourth-order valence-electron chi connectivity index (χ4n) is 3.52. The highest BCUT2D eigenvalue weighted by Crippen LogP contribution is 2.40. The minimum atomic E-state index is -0.270. The van der Waals surface area contributed by atoms with E-state index in [-0.39, 0.29) is 18.0 Å². The van der Waals surface area contributed by atoms with Crippen molar-refractivity contribution in [3.63, 3.8) is 0 Å². The van der Waals surface area contributed by atoms with Crippen LogP contribution in [0.4, 0.5) is 4.39 Å². The lowest BCUT2D eigenvalue weighted by Crippen LogP contribution is -2.52. The van der Waals surface area contributed by atoms with Crippen molar-refractivity contribution in [2.75, 3.05) is 13.2 Å². The van der Waals surface area contributed by atoms with E-state index in [0.717, 1.165) is 25.7 Å². The quantitative estimate of drug-likeness (QED) is 0.812. The maximum atomic E-state index is 13.1. The van der Waals surface area contributed by atoms with Gasteiger partial charge in [0.05, 0.1) is 13.2 Å². The van der Waals surface area contributed by atoms with Gasteiger partial charge in [-0.1, -0.05) is 12.5 Å². The predicted molar refractivity (Wildman–Crippen MR) is 79.8 cm³/mol. The van der Waals surface area contributed by atoms with Crippen LogP contribution in [0, 0.1) is 11.7 Å². The van der Waals surface area contributed by atoms with Gasteiger partial charge in [0.15, 0.2) is 0 Å². The van der Waals surface area contributed by atoms with Crippen LogP contribution in [-0.2, 0) is 0 Å². The summed E-state index contributed by atoms with van der Waals surface area (Å²) in [6.07, 6.45) is 6.70. The van der Waals surface area contributed by atoms with Crippen LogP contribution in [0.2, 0.25) is 0 Å². The number of ether oxygens (including phenoxy) is 1. The van der Waals surface area contributed by atoms with E-state index < -0.39 is 0 Å². The maximum Gasteiger partial charge on any atom is 0.126 e. The smallest absolute Gasteiger partial charge is 0.126 e. The first kappa shape index (κ1) is 14.8. The van der Waals surface area contributed by atoms with E-state index in [9.17, 15) is 9.50 Å². The van der Waals surface area contributed by atoms with Crippen LogP contribution in [0.15, 0.2) is 24.3 Å². The molecule has 1 aromatic carbocycles.